The summed E-state index contributed by atoms with van der Waals surface area (Å²) in [4.78, 5) is 13.7. The van der Waals surface area contributed by atoms with Crippen LogP contribution in [0.5, 0.6) is 0 Å². The SMILES string of the molecule is CN1CCN(c2ccc(Nc3ncc(Cl)c(CC[C@H]4CCCO4)n3)cc2)CC1. The molecule has 150 valence electrons. The van der Waals surface area contributed by atoms with Crippen LogP contribution >= 0.6 is 11.6 Å². The summed E-state index contributed by atoms with van der Waals surface area (Å²) in [5, 5.41) is 3.92. The molecule has 0 aliphatic carbocycles. The van der Waals surface area contributed by atoms with Gasteiger partial charge in [-0.1, -0.05) is 11.6 Å². The van der Waals surface area contributed by atoms with Gasteiger partial charge >= 0.3 is 0 Å². The van der Waals surface area contributed by atoms with Gasteiger partial charge in [-0.15, -0.1) is 0 Å². The van der Waals surface area contributed by atoms with E-state index < -0.39 is 0 Å². The van der Waals surface area contributed by atoms with Crippen molar-refractivity contribution in [3.05, 3.63) is 41.2 Å². The van der Waals surface area contributed by atoms with Gasteiger partial charge in [-0.25, -0.2) is 9.97 Å². The number of piperazine rings is 1. The molecule has 6 nitrogen and oxygen atoms in total. The summed E-state index contributed by atoms with van der Waals surface area (Å²) >= 11 is 6.30. The van der Waals surface area contributed by atoms with Crippen LogP contribution in [0.25, 0.3) is 0 Å². The van der Waals surface area contributed by atoms with Crippen LogP contribution < -0.4 is 10.2 Å². The van der Waals surface area contributed by atoms with Crippen molar-refractivity contribution in [2.75, 3.05) is 50.1 Å². The molecule has 0 bridgehead atoms. The Balaban J connectivity index is 1.37. The quantitative estimate of drug-likeness (QED) is 0.795. The van der Waals surface area contributed by atoms with E-state index in [-0.39, 0.29) is 0 Å². The van der Waals surface area contributed by atoms with Crippen LogP contribution in [0.1, 0.15) is 25.0 Å². The van der Waals surface area contributed by atoms with Crippen molar-refractivity contribution in [2.24, 2.45) is 0 Å². The first-order valence-corrected chi connectivity index (χ1v) is 10.5. The second kappa shape index (κ2) is 9.07. The van der Waals surface area contributed by atoms with E-state index in [2.05, 4.69) is 56.4 Å². The first-order valence-electron chi connectivity index (χ1n) is 10.1. The number of rotatable bonds is 6. The summed E-state index contributed by atoms with van der Waals surface area (Å²) in [5.74, 6) is 0.582. The van der Waals surface area contributed by atoms with Crippen LogP contribution in [0.3, 0.4) is 0 Å². The normalized spacial score (nSPS) is 20.5. The Morgan fingerprint density at radius 1 is 1.18 bits per heavy atom. The van der Waals surface area contributed by atoms with E-state index in [1.165, 1.54) is 5.69 Å². The summed E-state index contributed by atoms with van der Waals surface area (Å²) in [6.45, 7) is 5.22. The van der Waals surface area contributed by atoms with Gasteiger partial charge in [0.25, 0.3) is 0 Å². The smallest absolute Gasteiger partial charge is 0.227 e. The lowest BCUT2D eigenvalue weighted by molar-refractivity contribution is 0.104. The van der Waals surface area contributed by atoms with E-state index in [1.807, 2.05) is 0 Å². The molecule has 0 radical (unpaired) electrons. The Morgan fingerprint density at radius 2 is 1.96 bits per heavy atom. The lowest BCUT2D eigenvalue weighted by atomic mass is 10.1. The van der Waals surface area contributed by atoms with E-state index in [4.69, 9.17) is 16.3 Å². The lowest BCUT2D eigenvalue weighted by Crippen LogP contribution is -2.44. The molecule has 1 N–H and O–H groups in total. The van der Waals surface area contributed by atoms with Crippen LogP contribution in [0.15, 0.2) is 30.5 Å². The zero-order valence-corrected chi connectivity index (χ0v) is 17.2. The average Bonchev–Trinajstić information content (AvgIpc) is 3.23. The maximum atomic E-state index is 6.30. The lowest BCUT2D eigenvalue weighted by Gasteiger charge is -2.34. The predicted octanol–water partition coefficient (Wildman–Crippen LogP) is 3.74. The van der Waals surface area contributed by atoms with Gasteiger partial charge in [0.2, 0.25) is 5.95 Å². The van der Waals surface area contributed by atoms with Gasteiger partial charge in [-0.05, 0) is 57.0 Å². The number of aryl methyl sites for hydroxylation is 1. The Morgan fingerprint density at radius 3 is 2.68 bits per heavy atom. The Hall–Kier alpha value is -1.89. The molecule has 2 aliphatic heterocycles. The average molecular weight is 402 g/mol. The van der Waals surface area contributed by atoms with E-state index in [0.717, 1.165) is 69.9 Å². The zero-order valence-electron chi connectivity index (χ0n) is 16.4. The molecule has 2 saturated heterocycles. The minimum Gasteiger partial charge on any atom is -0.378 e. The molecule has 7 heteroatoms. The van der Waals surface area contributed by atoms with E-state index in [9.17, 15) is 0 Å². The molecule has 0 unspecified atom stereocenters. The highest BCUT2D eigenvalue weighted by molar-refractivity contribution is 6.31. The molecule has 28 heavy (non-hydrogen) atoms. The third-order valence-corrected chi connectivity index (χ3v) is 5.85. The Labute approximate surface area is 171 Å². The van der Waals surface area contributed by atoms with Gasteiger partial charge in [0.05, 0.1) is 23.0 Å². The number of benzene rings is 1. The molecule has 0 amide bonds. The molecule has 0 saturated carbocycles. The number of hydrogen-bond donors (Lipinski definition) is 1. The molecule has 2 fully saturated rings. The molecule has 1 aromatic heterocycles. The number of likely N-dealkylation sites (N-methyl/N-ethyl adjacent to an activating group) is 1. The summed E-state index contributed by atoms with van der Waals surface area (Å²) in [7, 11) is 2.17. The fraction of sp³-hybridized carbons (Fsp3) is 0.524. The van der Waals surface area contributed by atoms with Crippen molar-refractivity contribution in [1.82, 2.24) is 14.9 Å². The Bertz CT molecular complexity index is 771. The van der Waals surface area contributed by atoms with E-state index >= 15 is 0 Å². The monoisotopic (exact) mass is 401 g/mol. The van der Waals surface area contributed by atoms with Crippen LogP contribution in [0.4, 0.5) is 17.3 Å². The fourth-order valence-corrected chi connectivity index (χ4v) is 3.94. The largest absolute Gasteiger partial charge is 0.378 e. The van der Waals surface area contributed by atoms with Crippen molar-refractivity contribution in [1.29, 1.82) is 0 Å². The molecular weight excluding hydrogens is 374 g/mol. The van der Waals surface area contributed by atoms with Crippen molar-refractivity contribution < 1.29 is 4.74 Å². The maximum Gasteiger partial charge on any atom is 0.227 e. The van der Waals surface area contributed by atoms with Crippen molar-refractivity contribution in [3.63, 3.8) is 0 Å². The second-order valence-corrected chi connectivity index (χ2v) is 8.03. The second-order valence-electron chi connectivity index (χ2n) is 7.62. The van der Waals surface area contributed by atoms with Crippen molar-refractivity contribution in [3.8, 4) is 0 Å². The summed E-state index contributed by atoms with van der Waals surface area (Å²) in [6.07, 6.45) is 6.07. The number of nitrogens with one attached hydrogen (secondary N) is 1. The van der Waals surface area contributed by atoms with Crippen LogP contribution in [0, 0.1) is 0 Å². The van der Waals surface area contributed by atoms with Crippen molar-refractivity contribution in [2.45, 2.75) is 31.8 Å². The molecule has 3 heterocycles. The van der Waals surface area contributed by atoms with E-state index in [0.29, 0.717) is 17.1 Å². The summed E-state index contributed by atoms with van der Waals surface area (Å²) in [5.41, 5.74) is 3.11. The third-order valence-electron chi connectivity index (χ3n) is 5.54. The van der Waals surface area contributed by atoms with Crippen LogP contribution in [-0.2, 0) is 11.2 Å². The van der Waals surface area contributed by atoms with Gasteiger partial charge < -0.3 is 19.9 Å². The van der Waals surface area contributed by atoms with Crippen LogP contribution in [-0.4, -0.2) is 60.8 Å². The molecule has 1 atom stereocenters. The first kappa shape index (κ1) is 19.4. The molecule has 4 rings (SSSR count). The van der Waals surface area contributed by atoms with Gasteiger partial charge in [-0.2, -0.15) is 0 Å². The molecular formula is C21H28ClN5O. The number of halogens is 1. The number of hydrogen-bond acceptors (Lipinski definition) is 6. The highest BCUT2D eigenvalue weighted by Gasteiger charge is 2.17. The van der Waals surface area contributed by atoms with Gasteiger partial charge in [0.15, 0.2) is 0 Å². The molecule has 2 aromatic rings. The fourth-order valence-electron chi connectivity index (χ4n) is 3.76. The minimum absolute atomic E-state index is 0.338. The summed E-state index contributed by atoms with van der Waals surface area (Å²) in [6, 6.07) is 8.47. The third kappa shape index (κ3) is 4.93. The molecule has 1 aromatic carbocycles. The number of anilines is 3. The number of nitrogens with zero attached hydrogens (tertiary/aromatic N) is 4. The molecule has 2 aliphatic rings. The van der Waals surface area contributed by atoms with Gasteiger partial charge in [0.1, 0.15) is 0 Å². The topological polar surface area (TPSA) is 53.5 Å². The number of ether oxygens (including phenoxy) is 1. The van der Waals surface area contributed by atoms with Gasteiger partial charge in [0, 0.05) is 44.2 Å². The first-order chi connectivity index (χ1) is 13.7. The molecule has 0 spiro atoms. The number of aromatic nitrogens is 2. The Kier molecular flexibility index (Phi) is 6.29. The van der Waals surface area contributed by atoms with Crippen LogP contribution in [0.2, 0.25) is 5.02 Å². The highest BCUT2D eigenvalue weighted by atomic mass is 35.5. The standard InChI is InChI=1S/C21H28ClN5O/c1-26-10-12-27(13-11-26)17-6-4-16(5-7-17)24-21-23-15-19(22)20(25-21)9-8-18-3-2-14-28-18/h4-7,15,18H,2-3,8-14H2,1H3,(H,23,24,25)/t18-/m1/s1. The maximum absolute atomic E-state index is 6.30. The van der Waals surface area contributed by atoms with Gasteiger partial charge in [-0.3, -0.25) is 0 Å². The van der Waals surface area contributed by atoms with E-state index in [1.54, 1.807) is 6.20 Å². The summed E-state index contributed by atoms with van der Waals surface area (Å²) < 4.78 is 5.70. The van der Waals surface area contributed by atoms with Crippen molar-refractivity contribution >= 4 is 28.9 Å². The predicted molar refractivity (Wildman–Crippen MR) is 114 cm³/mol. The minimum atomic E-state index is 0.338. The highest BCUT2D eigenvalue weighted by Crippen LogP contribution is 2.24. The zero-order chi connectivity index (χ0) is 19.3.